The lowest BCUT2D eigenvalue weighted by molar-refractivity contribution is 0.0696. The number of rotatable bonds is 7. The molecule has 1 aliphatic rings. The molecule has 10 heteroatoms. The minimum absolute atomic E-state index is 0.154. The molecule has 3 N–H and O–H groups in total. The maximum absolute atomic E-state index is 13.3. The lowest BCUT2D eigenvalue weighted by Gasteiger charge is -2.27. The van der Waals surface area contributed by atoms with Crippen LogP contribution in [-0.4, -0.2) is 37.4 Å². The van der Waals surface area contributed by atoms with Crippen LogP contribution in [0.5, 0.6) is 0 Å². The van der Waals surface area contributed by atoms with Crippen LogP contribution in [0.1, 0.15) is 60.7 Å². The van der Waals surface area contributed by atoms with Crippen molar-refractivity contribution in [1.82, 2.24) is 25.7 Å². The monoisotopic (exact) mass is 551 g/mol. The second-order valence-corrected chi connectivity index (χ2v) is 10.2. The molecule has 9 nitrogen and oxygen atoms in total. The third-order valence-corrected chi connectivity index (χ3v) is 7.34. The van der Waals surface area contributed by atoms with E-state index >= 15 is 0 Å². The zero-order valence-corrected chi connectivity index (χ0v) is 22.4. The van der Waals surface area contributed by atoms with Gasteiger partial charge in [-0.2, -0.15) is 5.10 Å². The zero-order valence-electron chi connectivity index (χ0n) is 22.4. The van der Waals surface area contributed by atoms with Crippen molar-refractivity contribution in [3.8, 4) is 22.6 Å². The molecular formula is C31H26FN5O4. The standard InChI is InChI=1S/C31H26FN5O4/c1-16-13-17(2)22-15-25(33-29(38)23(22)14-16)28-27(18-3-5-20(6-4-18)31(39)40)24(34-36-28)11-12-26-35-37-30(41-26)19-7-9-21(32)10-8-19/h3-10,13-14,25H,11-12,15H2,1-2H3,(H,33,38)(H,34,36)(H,39,40). The quantitative estimate of drug-likeness (QED) is 0.247. The van der Waals surface area contributed by atoms with E-state index < -0.39 is 5.97 Å². The summed E-state index contributed by atoms with van der Waals surface area (Å²) in [5, 5.41) is 28.5. The highest BCUT2D eigenvalue weighted by atomic mass is 19.1. The highest BCUT2D eigenvalue weighted by molar-refractivity contribution is 5.98. The van der Waals surface area contributed by atoms with E-state index in [-0.39, 0.29) is 23.3 Å². The number of H-pyrrole nitrogens is 1. The first-order valence-electron chi connectivity index (χ1n) is 13.2. The van der Waals surface area contributed by atoms with Gasteiger partial charge in [0.15, 0.2) is 0 Å². The van der Waals surface area contributed by atoms with Gasteiger partial charge in [-0.1, -0.05) is 23.8 Å². The molecule has 41 heavy (non-hydrogen) atoms. The molecule has 1 unspecified atom stereocenters. The average molecular weight is 552 g/mol. The van der Waals surface area contributed by atoms with E-state index in [4.69, 9.17) is 4.42 Å². The molecule has 3 heterocycles. The normalized spacial score (nSPS) is 14.5. The average Bonchev–Trinajstić information content (AvgIpc) is 3.60. The summed E-state index contributed by atoms with van der Waals surface area (Å²) in [5.41, 5.74) is 7.54. The Morgan fingerprint density at radius 1 is 1.02 bits per heavy atom. The maximum Gasteiger partial charge on any atom is 0.335 e. The van der Waals surface area contributed by atoms with Gasteiger partial charge in [0.25, 0.3) is 5.91 Å². The fraction of sp³-hybridized carbons (Fsp3) is 0.194. The number of carboxylic acid groups (broad SMARTS) is 1. The van der Waals surface area contributed by atoms with E-state index in [0.29, 0.717) is 47.9 Å². The fourth-order valence-electron chi connectivity index (χ4n) is 5.35. The lowest BCUT2D eigenvalue weighted by Crippen LogP contribution is -2.36. The van der Waals surface area contributed by atoms with Crippen LogP contribution in [0.2, 0.25) is 0 Å². The number of aromatic amines is 1. The number of aromatic carboxylic acids is 1. The van der Waals surface area contributed by atoms with Gasteiger partial charge in [-0.3, -0.25) is 9.89 Å². The molecule has 5 aromatic rings. The number of halogens is 1. The molecule has 0 saturated heterocycles. The van der Waals surface area contributed by atoms with Crippen LogP contribution in [0.25, 0.3) is 22.6 Å². The van der Waals surface area contributed by atoms with Crippen molar-refractivity contribution in [2.75, 3.05) is 0 Å². The Hall–Kier alpha value is -5.12. The van der Waals surface area contributed by atoms with E-state index in [9.17, 15) is 19.1 Å². The first-order valence-corrected chi connectivity index (χ1v) is 13.2. The van der Waals surface area contributed by atoms with E-state index in [1.807, 2.05) is 19.9 Å². The minimum atomic E-state index is -1.01. The summed E-state index contributed by atoms with van der Waals surface area (Å²) >= 11 is 0. The molecule has 0 saturated carbocycles. The van der Waals surface area contributed by atoms with Crippen molar-refractivity contribution in [1.29, 1.82) is 0 Å². The number of benzene rings is 3. The summed E-state index contributed by atoms with van der Waals surface area (Å²) in [6, 6.07) is 16.0. The van der Waals surface area contributed by atoms with E-state index in [2.05, 4.69) is 31.8 Å². The maximum atomic E-state index is 13.3. The van der Waals surface area contributed by atoms with Crippen LogP contribution in [0, 0.1) is 19.7 Å². The van der Waals surface area contributed by atoms with Crippen molar-refractivity contribution in [3.63, 3.8) is 0 Å². The third kappa shape index (κ3) is 5.11. The molecule has 0 spiro atoms. The molecule has 3 aromatic carbocycles. The summed E-state index contributed by atoms with van der Waals surface area (Å²) in [7, 11) is 0. The topological polar surface area (TPSA) is 134 Å². The summed E-state index contributed by atoms with van der Waals surface area (Å²) in [6.45, 7) is 3.98. The second kappa shape index (κ2) is 10.5. The Labute approximate surface area is 234 Å². The van der Waals surface area contributed by atoms with Crippen LogP contribution in [-0.2, 0) is 19.3 Å². The first-order chi connectivity index (χ1) is 19.8. The minimum Gasteiger partial charge on any atom is -0.478 e. The van der Waals surface area contributed by atoms with Gasteiger partial charge in [-0.05, 0) is 85.8 Å². The van der Waals surface area contributed by atoms with Crippen LogP contribution in [0.4, 0.5) is 4.39 Å². The molecule has 206 valence electrons. The van der Waals surface area contributed by atoms with Gasteiger partial charge in [0, 0.05) is 28.8 Å². The molecule has 0 bridgehead atoms. The predicted molar refractivity (Wildman–Crippen MR) is 148 cm³/mol. The fourth-order valence-corrected chi connectivity index (χ4v) is 5.35. The number of aryl methyl sites for hydroxylation is 4. The van der Waals surface area contributed by atoms with Gasteiger partial charge in [-0.25, -0.2) is 9.18 Å². The van der Waals surface area contributed by atoms with Gasteiger partial charge in [0.2, 0.25) is 11.8 Å². The van der Waals surface area contributed by atoms with Crippen molar-refractivity contribution in [2.24, 2.45) is 0 Å². The van der Waals surface area contributed by atoms with E-state index in [1.165, 1.54) is 12.1 Å². The van der Waals surface area contributed by atoms with E-state index in [1.54, 1.807) is 36.4 Å². The van der Waals surface area contributed by atoms with Gasteiger partial charge >= 0.3 is 5.97 Å². The van der Waals surface area contributed by atoms with Crippen molar-refractivity contribution < 1.29 is 23.5 Å². The first kappa shape index (κ1) is 26.1. The van der Waals surface area contributed by atoms with Crippen LogP contribution in [0.3, 0.4) is 0 Å². The second-order valence-electron chi connectivity index (χ2n) is 10.2. The predicted octanol–water partition coefficient (Wildman–Crippen LogP) is 5.39. The van der Waals surface area contributed by atoms with Crippen LogP contribution < -0.4 is 5.32 Å². The number of carboxylic acids is 1. The Kier molecular flexibility index (Phi) is 6.66. The Morgan fingerprint density at radius 3 is 2.49 bits per heavy atom. The summed E-state index contributed by atoms with van der Waals surface area (Å²) < 4.78 is 19.1. The Balaban J connectivity index is 1.33. The van der Waals surface area contributed by atoms with Crippen molar-refractivity contribution in [3.05, 3.63) is 112 Å². The summed E-state index contributed by atoms with van der Waals surface area (Å²) in [6.07, 6.45) is 1.43. The number of nitrogens with one attached hydrogen (secondary N) is 2. The number of nitrogens with zero attached hydrogens (tertiary/aromatic N) is 3. The highest BCUT2D eigenvalue weighted by Crippen LogP contribution is 2.36. The van der Waals surface area contributed by atoms with Crippen molar-refractivity contribution >= 4 is 11.9 Å². The molecule has 0 fully saturated rings. The number of carbonyl (C=O) groups excluding carboxylic acids is 1. The van der Waals surface area contributed by atoms with Gasteiger partial charge in [0.1, 0.15) is 5.82 Å². The highest BCUT2D eigenvalue weighted by Gasteiger charge is 2.31. The Bertz CT molecular complexity index is 1770. The van der Waals surface area contributed by atoms with Gasteiger partial charge in [-0.15, -0.1) is 10.2 Å². The summed E-state index contributed by atoms with van der Waals surface area (Å²) in [4.78, 5) is 24.6. The number of carbonyl (C=O) groups is 2. The lowest BCUT2D eigenvalue weighted by atomic mass is 9.86. The molecule has 1 atom stereocenters. The van der Waals surface area contributed by atoms with E-state index in [0.717, 1.165) is 33.5 Å². The molecule has 1 amide bonds. The summed E-state index contributed by atoms with van der Waals surface area (Å²) in [5.74, 6) is -0.823. The molecule has 0 aliphatic carbocycles. The smallest absolute Gasteiger partial charge is 0.335 e. The Morgan fingerprint density at radius 2 is 1.76 bits per heavy atom. The molecule has 1 aliphatic heterocycles. The number of hydrogen-bond acceptors (Lipinski definition) is 6. The SMILES string of the molecule is Cc1cc(C)c2c(c1)C(=O)NC(c1n[nH]c(CCc3nnc(-c4ccc(F)cc4)o3)c1-c1ccc(C(=O)O)cc1)C2. The number of amides is 1. The zero-order chi connectivity index (χ0) is 28.7. The van der Waals surface area contributed by atoms with Crippen molar-refractivity contribution in [2.45, 2.75) is 39.2 Å². The van der Waals surface area contributed by atoms with Gasteiger partial charge in [0.05, 0.1) is 17.3 Å². The molecule has 6 rings (SSSR count). The molecule has 2 aromatic heterocycles. The van der Waals surface area contributed by atoms with Crippen LogP contribution in [0.15, 0.2) is 65.1 Å². The van der Waals surface area contributed by atoms with Crippen LogP contribution >= 0.6 is 0 Å². The van der Waals surface area contributed by atoms with Gasteiger partial charge < -0.3 is 14.8 Å². The number of hydrogen-bond donors (Lipinski definition) is 3. The number of aromatic nitrogens is 4. The largest absolute Gasteiger partial charge is 0.478 e. The number of fused-ring (bicyclic) bond motifs is 1. The third-order valence-electron chi connectivity index (χ3n) is 7.34. The molecule has 0 radical (unpaired) electrons. The molecular weight excluding hydrogens is 525 g/mol.